The molecule has 21 heavy (non-hydrogen) atoms. The highest BCUT2D eigenvalue weighted by molar-refractivity contribution is 7.98. The molecule has 0 fully saturated rings. The van der Waals surface area contributed by atoms with E-state index in [-0.39, 0.29) is 0 Å². The molecule has 0 unspecified atom stereocenters. The van der Waals surface area contributed by atoms with Crippen LogP contribution < -0.4 is 0 Å². The Balaban J connectivity index is 1.93. The number of nitrogens with zero attached hydrogens (tertiary/aromatic N) is 3. The van der Waals surface area contributed by atoms with Crippen molar-refractivity contribution >= 4 is 17.4 Å². The van der Waals surface area contributed by atoms with Crippen molar-refractivity contribution in [2.45, 2.75) is 24.0 Å². The van der Waals surface area contributed by atoms with Crippen LogP contribution in [0.2, 0.25) is 0 Å². The summed E-state index contributed by atoms with van der Waals surface area (Å²) in [5, 5.41) is 8.95. The maximum Gasteiger partial charge on any atom is 0.151 e. The maximum absolute atomic E-state index is 8.95. The summed E-state index contributed by atoms with van der Waals surface area (Å²) < 4.78 is 2.03. The fourth-order valence-corrected chi connectivity index (χ4v) is 3.30. The Kier molecular flexibility index (Phi) is 3.94. The molecule has 0 N–H and O–H groups in total. The zero-order valence-corrected chi connectivity index (χ0v) is 12.6. The number of hydrogen-bond acceptors (Lipinski definition) is 3. The second kappa shape index (κ2) is 6.02. The van der Waals surface area contributed by atoms with Gasteiger partial charge in [-0.3, -0.25) is 0 Å². The highest BCUT2D eigenvalue weighted by atomic mass is 32.2. The summed E-state index contributed by atoms with van der Waals surface area (Å²) in [5.74, 6) is 0.917. The molecule has 0 saturated heterocycles. The predicted octanol–water partition coefficient (Wildman–Crippen LogP) is 4.00. The topological polar surface area (TPSA) is 41.1 Å². The van der Waals surface area contributed by atoms with Gasteiger partial charge >= 0.3 is 0 Å². The van der Waals surface area contributed by atoms with E-state index < -0.39 is 0 Å². The van der Waals surface area contributed by atoms with Crippen molar-refractivity contribution in [2.24, 2.45) is 0 Å². The zero-order chi connectivity index (χ0) is 14.7. The standard InChI is InChI=1S/C17H15N3S/c1-13-15(9-10-18)20-11-5-8-16(17(20)19-13)21-12-14-6-3-2-4-7-14/h2-8,11H,9,12H2,1H3. The molecule has 1 aromatic carbocycles. The number of hydrogen-bond donors (Lipinski definition) is 0. The lowest BCUT2D eigenvalue weighted by molar-refractivity contribution is 1.03. The van der Waals surface area contributed by atoms with E-state index in [1.54, 1.807) is 11.8 Å². The van der Waals surface area contributed by atoms with Gasteiger partial charge in [-0.05, 0) is 24.6 Å². The summed E-state index contributed by atoms with van der Waals surface area (Å²) in [5.41, 5.74) is 4.16. The predicted molar refractivity (Wildman–Crippen MR) is 85.2 cm³/mol. The minimum atomic E-state index is 0.389. The van der Waals surface area contributed by atoms with Crippen LogP contribution in [0.4, 0.5) is 0 Å². The molecule has 2 heterocycles. The van der Waals surface area contributed by atoms with Crippen LogP contribution in [0.15, 0.2) is 53.6 Å². The third-order valence-electron chi connectivity index (χ3n) is 3.40. The van der Waals surface area contributed by atoms with Gasteiger partial charge in [-0.1, -0.05) is 30.3 Å². The van der Waals surface area contributed by atoms with Crippen molar-refractivity contribution in [3.8, 4) is 6.07 Å². The smallest absolute Gasteiger partial charge is 0.151 e. The van der Waals surface area contributed by atoms with E-state index in [0.29, 0.717) is 6.42 Å². The van der Waals surface area contributed by atoms with Crippen molar-refractivity contribution in [2.75, 3.05) is 0 Å². The molecule has 3 rings (SSSR count). The molecule has 3 aromatic rings. The number of thioether (sulfide) groups is 1. The van der Waals surface area contributed by atoms with Crippen LogP contribution in [0, 0.1) is 18.3 Å². The van der Waals surface area contributed by atoms with Crippen LogP contribution >= 0.6 is 11.8 Å². The van der Waals surface area contributed by atoms with Gasteiger partial charge in [0.25, 0.3) is 0 Å². The van der Waals surface area contributed by atoms with Crippen molar-refractivity contribution in [3.63, 3.8) is 0 Å². The first kappa shape index (κ1) is 13.7. The van der Waals surface area contributed by atoms with E-state index in [9.17, 15) is 0 Å². The van der Waals surface area contributed by atoms with E-state index in [0.717, 1.165) is 27.7 Å². The first-order valence-corrected chi connectivity index (χ1v) is 7.78. The molecule has 0 atom stereocenters. The maximum atomic E-state index is 8.95. The summed E-state index contributed by atoms with van der Waals surface area (Å²) in [6.07, 6.45) is 2.37. The number of nitriles is 1. The molecular weight excluding hydrogens is 278 g/mol. The fourth-order valence-electron chi connectivity index (χ4n) is 2.34. The van der Waals surface area contributed by atoms with Gasteiger partial charge in [-0.15, -0.1) is 11.8 Å². The van der Waals surface area contributed by atoms with E-state index in [1.165, 1.54) is 5.56 Å². The lowest BCUT2D eigenvalue weighted by Crippen LogP contribution is -1.93. The molecular formula is C17H15N3S. The summed E-state index contributed by atoms with van der Waals surface area (Å²) in [6, 6.07) is 16.7. The normalized spacial score (nSPS) is 10.7. The molecule has 0 radical (unpaired) electrons. The highest BCUT2D eigenvalue weighted by Crippen LogP contribution is 2.27. The fraction of sp³-hybridized carbons (Fsp3) is 0.176. The molecule has 104 valence electrons. The Morgan fingerprint density at radius 2 is 2.00 bits per heavy atom. The van der Waals surface area contributed by atoms with E-state index >= 15 is 0 Å². The van der Waals surface area contributed by atoms with Crippen LogP contribution in [0.1, 0.15) is 17.0 Å². The van der Waals surface area contributed by atoms with Gasteiger partial charge in [0.15, 0.2) is 5.65 Å². The van der Waals surface area contributed by atoms with Gasteiger partial charge < -0.3 is 4.40 Å². The van der Waals surface area contributed by atoms with E-state index in [4.69, 9.17) is 5.26 Å². The molecule has 0 amide bonds. The number of fused-ring (bicyclic) bond motifs is 1. The van der Waals surface area contributed by atoms with Crippen LogP contribution in [0.5, 0.6) is 0 Å². The van der Waals surface area contributed by atoms with Crippen molar-refractivity contribution in [3.05, 3.63) is 65.6 Å². The molecule has 0 aliphatic heterocycles. The second-order valence-electron chi connectivity index (χ2n) is 4.82. The van der Waals surface area contributed by atoms with E-state index in [2.05, 4.69) is 41.4 Å². The number of aromatic nitrogens is 2. The summed E-state index contributed by atoms with van der Waals surface area (Å²) in [6.45, 7) is 1.96. The Labute approximate surface area is 128 Å². The number of pyridine rings is 1. The average Bonchev–Trinajstić information content (AvgIpc) is 2.83. The van der Waals surface area contributed by atoms with Gasteiger partial charge in [0.2, 0.25) is 0 Å². The van der Waals surface area contributed by atoms with Gasteiger partial charge in [-0.2, -0.15) is 5.26 Å². The average molecular weight is 293 g/mol. The molecule has 0 bridgehead atoms. The lowest BCUT2D eigenvalue weighted by atomic mass is 10.2. The minimum Gasteiger partial charge on any atom is -0.302 e. The minimum absolute atomic E-state index is 0.389. The van der Waals surface area contributed by atoms with Gasteiger partial charge in [0.1, 0.15) is 0 Å². The van der Waals surface area contributed by atoms with E-state index in [1.807, 2.05) is 29.7 Å². The number of imidazole rings is 1. The molecule has 0 aliphatic rings. The molecule has 3 nitrogen and oxygen atoms in total. The number of benzene rings is 1. The zero-order valence-electron chi connectivity index (χ0n) is 11.8. The van der Waals surface area contributed by atoms with Crippen LogP contribution in [0.25, 0.3) is 5.65 Å². The molecule has 0 saturated carbocycles. The van der Waals surface area contributed by atoms with Gasteiger partial charge in [0.05, 0.1) is 28.8 Å². The molecule has 0 spiro atoms. The van der Waals surface area contributed by atoms with Crippen LogP contribution in [0.3, 0.4) is 0 Å². The molecule has 4 heteroatoms. The lowest BCUT2D eigenvalue weighted by Gasteiger charge is -2.04. The SMILES string of the molecule is Cc1nc2c(SCc3ccccc3)cccn2c1CC#N. The quantitative estimate of drug-likeness (QED) is 0.683. The monoisotopic (exact) mass is 293 g/mol. The highest BCUT2D eigenvalue weighted by Gasteiger charge is 2.11. The third-order valence-corrected chi connectivity index (χ3v) is 4.50. The largest absolute Gasteiger partial charge is 0.302 e. The first-order valence-electron chi connectivity index (χ1n) is 6.80. The Hall–Kier alpha value is -2.25. The van der Waals surface area contributed by atoms with Gasteiger partial charge in [0, 0.05) is 11.9 Å². The summed E-state index contributed by atoms with van der Waals surface area (Å²) >= 11 is 1.78. The van der Waals surface area contributed by atoms with Crippen molar-refractivity contribution in [1.29, 1.82) is 5.26 Å². The number of aryl methyl sites for hydroxylation is 1. The molecule has 2 aromatic heterocycles. The summed E-state index contributed by atoms with van der Waals surface area (Å²) in [7, 11) is 0. The Bertz CT molecular complexity index is 800. The van der Waals surface area contributed by atoms with Crippen molar-refractivity contribution < 1.29 is 0 Å². The first-order chi connectivity index (χ1) is 10.3. The number of rotatable bonds is 4. The molecule has 0 aliphatic carbocycles. The van der Waals surface area contributed by atoms with Crippen molar-refractivity contribution in [1.82, 2.24) is 9.38 Å². The van der Waals surface area contributed by atoms with Crippen LogP contribution in [-0.2, 0) is 12.2 Å². The Morgan fingerprint density at radius 3 is 2.76 bits per heavy atom. The van der Waals surface area contributed by atoms with Crippen LogP contribution in [-0.4, -0.2) is 9.38 Å². The van der Waals surface area contributed by atoms with Gasteiger partial charge in [-0.25, -0.2) is 4.98 Å². The second-order valence-corrected chi connectivity index (χ2v) is 5.84. The third kappa shape index (κ3) is 2.79. The summed E-state index contributed by atoms with van der Waals surface area (Å²) in [4.78, 5) is 5.78. The Morgan fingerprint density at radius 1 is 1.19 bits per heavy atom.